The van der Waals surface area contributed by atoms with Crippen LogP contribution in [0.5, 0.6) is 0 Å². The van der Waals surface area contributed by atoms with Crippen LogP contribution < -0.4 is 11.1 Å². The average molecular weight is 200 g/mol. The molecule has 0 aromatic rings. The molecule has 1 rings (SSSR count). The highest BCUT2D eigenvalue weighted by atomic mass is 16.2. The monoisotopic (exact) mass is 200 g/mol. The van der Waals surface area contributed by atoms with Crippen molar-refractivity contribution in [3.8, 4) is 0 Å². The molecule has 5 heteroatoms. The smallest absolute Gasteiger partial charge is 0.236 e. The molecule has 1 aliphatic heterocycles. The summed E-state index contributed by atoms with van der Waals surface area (Å²) in [6.07, 6.45) is 0. The predicted octanol–water partition coefficient (Wildman–Crippen LogP) is -1.69. The number of amides is 1. The van der Waals surface area contributed by atoms with Crippen LogP contribution in [0.1, 0.15) is 0 Å². The average Bonchev–Trinajstić information content (AvgIpc) is 2.19. The number of hydrogen-bond acceptors (Lipinski definition) is 4. The van der Waals surface area contributed by atoms with Crippen molar-refractivity contribution in [2.75, 3.05) is 52.9 Å². The minimum absolute atomic E-state index is 0.211. The van der Waals surface area contributed by atoms with Crippen molar-refractivity contribution >= 4 is 5.91 Å². The van der Waals surface area contributed by atoms with Crippen molar-refractivity contribution in [3.05, 3.63) is 0 Å². The summed E-state index contributed by atoms with van der Waals surface area (Å²) in [5, 5.41) is 3.22. The van der Waals surface area contributed by atoms with E-state index in [9.17, 15) is 4.79 Å². The quantitative estimate of drug-likeness (QED) is 0.568. The Kier molecular flexibility index (Phi) is 4.86. The van der Waals surface area contributed by atoms with Crippen molar-refractivity contribution < 1.29 is 4.79 Å². The van der Waals surface area contributed by atoms with Gasteiger partial charge in [0.1, 0.15) is 0 Å². The number of carbonyl (C=O) groups is 1. The molecule has 0 radical (unpaired) electrons. The summed E-state index contributed by atoms with van der Waals surface area (Å²) in [5.74, 6) is 0.211. The van der Waals surface area contributed by atoms with Crippen LogP contribution in [-0.4, -0.2) is 68.6 Å². The van der Waals surface area contributed by atoms with Gasteiger partial charge in [0.05, 0.1) is 6.54 Å². The first-order chi connectivity index (χ1) is 6.74. The molecular weight excluding hydrogens is 180 g/mol. The predicted molar refractivity (Wildman–Crippen MR) is 56.0 cm³/mol. The Bertz CT molecular complexity index is 180. The Balaban J connectivity index is 2.25. The van der Waals surface area contributed by atoms with Crippen LogP contribution >= 0.6 is 0 Å². The highest BCUT2D eigenvalue weighted by Gasteiger charge is 2.16. The molecule has 82 valence electrons. The maximum Gasteiger partial charge on any atom is 0.236 e. The van der Waals surface area contributed by atoms with Crippen molar-refractivity contribution in [1.29, 1.82) is 0 Å². The molecule has 0 spiro atoms. The molecule has 0 atom stereocenters. The maximum atomic E-state index is 11.7. The van der Waals surface area contributed by atoms with Gasteiger partial charge in [0.15, 0.2) is 0 Å². The largest absolute Gasteiger partial charge is 0.339 e. The fourth-order valence-corrected chi connectivity index (χ4v) is 1.54. The van der Waals surface area contributed by atoms with E-state index in [-0.39, 0.29) is 5.91 Å². The van der Waals surface area contributed by atoms with Gasteiger partial charge in [0.25, 0.3) is 0 Å². The number of rotatable bonds is 4. The van der Waals surface area contributed by atoms with Crippen LogP contribution in [0.25, 0.3) is 0 Å². The molecule has 0 unspecified atom stereocenters. The molecule has 3 N–H and O–H groups in total. The fourth-order valence-electron chi connectivity index (χ4n) is 1.54. The second kappa shape index (κ2) is 5.95. The third-order valence-electron chi connectivity index (χ3n) is 2.39. The van der Waals surface area contributed by atoms with E-state index in [2.05, 4.69) is 5.32 Å². The van der Waals surface area contributed by atoms with Gasteiger partial charge < -0.3 is 16.0 Å². The zero-order valence-electron chi connectivity index (χ0n) is 8.83. The van der Waals surface area contributed by atoms with E-state index in [1.807, 2.05) is 16.8 Å². The first-order valence-corrected chi connectivity index (χ1v) is 5.11. The Morgan fingerprint density at radius 3 is 2.71 bits per heavy atom. The number of piperazine rings is 1. The minimum atomic E-state index is 0.211. The molecule has 5 nitrogen and oxygen atoms in total. The minimum Gasteiger partial charge on any atom is -0.339 e. The van der Waals surface area contributed by atoms with Gasteiger partial charge in [-0.15, -0.1) is 0 Å². The number of hydrogen-bond donors (Lipinski definition) is 2. The molecule has 1 aliphatic rings. The van der Waals surface area contributed by atoms with E-state index in [0.29, 0.717) is 13.1 Å². The van der Waals surface area contributed by atoms with Crippen molar-refractivity contribution in [3.63, 3.8) is 0 Å². The molecule has 0 aromatic heterocycles. The molecule has 0 saturated carbocycles. The summed E-state index contributed by atoms with van der Waals surface area (Å²) in [6.45, 7) is 5.34. The first kappa shape index (κ1) is 11.4. The molecule has 1 fully saturated rings. The summed E-state index contributed by atoms with van der Waals surface area (Å²) < 4.78 is 0. The van der Waals surface area contributed by atoms with Crippen molar-refractivity contribution in [1.82, 2.24) is 15.1 Å². The number of nitrogens with one attached hydrogen (secondary N) is 1. The third-order valence-corrected chi connectivity index (χ3v) is 2.39. The first-order valence-electron chi connectivity index (χ1n) is 5.11. The second-order valence-corrected chi connectivity index (χ2v) is 3.66. The van der Waals surface area contributed by atoms with Gasteiger partial charge in [-0.3, -0.25) is 9.69 Å². The number of likely N-dealkylation sites (N-methyl/N-ethyl adjacent to an activating group) is 1. The van der Waals surface area contributed by atoms with Gasteiger partial charge >= 0.3 is 0 Å². The topological polar surface area (TPSA) is 61.6 Å². The van der Waals surface area contributed by atoms with Crippen LogP contribution in [-0.2, 0) is 4.79 Å². The van der Waals surface area contributed by atoms with Crippen LogP contribution in [0.4, 0.5) is 0 Å². The van der Waals surface area contributed by atoms with Crippen LogP contribution in [0, 0.1) is 0 Å². The van der Waals surface area contributed by atoms with Gasteiger partial charge in [-0.25, -0.2) is 0 Å². The van der Waals surface area contributed by atoms with Crippen LogP contribution in [0.2, 0.25) is 0 Å². The maximum absolute atomic E-state index is 11.7. The lowest BCUT2D eigenvalue weighted by molar-refractivity contribution is -0.132. The van der Waals surface area contributed by atoms with Crippen LogP contribution in [0.15, 0.2) is 0 Å². The molecule has 1 saturated heterocycles. The van der Waals surface area contributed by atoms with Gasteiger partial charge in [-0.05, 0) is 7.05 Å². The number of carbonyl (C=O) groups excluding carboxylic acids is 1. The Morgan fingerprint density at radius 1 is 1.50 bits per heavy atom. The third kappa shape index (κ3) is 3.61. The van der Waals surface area contributed by atoms with E-state index >= 15 is 0 Å². The lowest BCUT2D eigenvalue weighted by Crippen LogP contribution is -2.49. The molecular formula is C9H20N4O. The SMILES string of the molecule is CN(CCN)CC(=O)N1CCNCC1. The van der Waals surface area contributed by atoms with Gasteiger partial charge in [0.2, 0.25) is 5.91 Å². The Hall–Kier alpha value is -0.650. The summed E-state index contributed by atoms with van der Waals surface area (Å²) in [4.78, 5) is 15.6. The van der Waals surface area contributed by atoms with E-state index in [0.717, 1.165) is 32.7 Å². The van der Waals surface area contributed by atoms with Crippen LogP contribution in [0.3, 0.4) is 0 Å². The molecule has 0 aliphatic carbocycles. The van der Waals surface area contributed by atoms with E-state index in [1.54, 1.807) is 0 Å². The summed E-state index contributed by atoms with van der Waals surface area (Å²) in [6, 6.07) is 0. The van der Waals surface area contributed by atoms with E-state index < -0.39 is 0 Å². The highest BCUT2D eigenvalue weighted by molar-refractivity contribution is 5.78. The lowest BCUT2D eigenvalue weighted by atomic mass is 10.3. The fraction of sp³-hybridized carbons (Fsp3) is 0.889. The van der Waals surface area contributed by atoms with Crippen molar-refractivity contribution in [2.24, 2.45) is 5.73 Å². The number of nitrogens with zero attached hydrogens (tertiary/aromatic N) is 2. The normalized spacial score (nSPS) is 17.5. The zero-order chi connectivity index (χ0) is 10.4. The Morgan fingerprint density at radius 2 is 2.14 bits per heavy atom. The molecule has 1 heterocycles. The van der Waals surface area contributed by atoms with E-state index in [4.69, 9.17) is 5.73 Å². The molecule has 1 amide bonds. The number of nitrogens with two attached hydrogens (primary N) is 1. The summed E-state index contributed by atoms with van der Waals surface area (Å²) in [7, 11) is 1.92. The summed E-state index contributed by atoms with van der Waals surface area (Å²) >= 11 is 0. The zero-order valence-corrected chi connectivity index (χ0v) is 8.83. The lowest BCUT2D eigenvalue weighted by Gasteiger charge is -2.29. The molecule has 0 bridgehead atoms. The van der Waals surface area contributed by atoms with Gasteiger partial charge in [-0.1, -0.05) is 0 Å². The van der Waals surface area contributed by atoms with Gasteiger partial charge in [0, 0.05) is 39.3 Å². The van der Waals surface area contributed by atoms with Gasteiger partial charge in [-0.2, -0.15) is 0 Å². The standard InChI is InChI=1S/C9H20N4O/c1-12(5-2-10)8-9(14)13-6-3-11-4-7-13/h11H,2-8,10H2,1H3. The highest BCUT2D eigenvalue weighted by Crippen LogP contribution is 1.94. The summed E-state index contributed by atoms with van der Waals surface area (Å²) in [5.41, 5.74) is 5.41. The molecule has 0 aromatic carbocycles. The Labute approximate surface area is 85.2 Å². The molecule has 14 heavy (non-hydrogen) atoms. The van der Waals surface area contributed by atoms with E-state index in [1.165, 1.54) is 0 Å². The van der Waals surface area contributed by atoms with Crippen molar-refractivity contribution in [2.45, 2.75) is 0 Å². The second-order valence-electron chi connectivity index (χ2n) is 3.66.